The Hall–Kier alpha value is -2.70. The maximum absolute atomic E-state index is 11.7. The Balaban J connectivity index is 1.73. The monoisotopic (exact) mass is 274 g/mol. The Morgan fingerprint density at radius 1 is 1.25 bits per heavy atom. The number of carboxylic acids is 1. The van der Waals surface area contributed by atoms with Crippen molar-refractivity contribution in [2.75, 3.05) is 6.54 Å². The maximum Gasteiger partial charge on any atom is 0.358 e. The second kappa shape index (κ2) is 6.46. The number of aromatic carboxylic acids is 1. The predicted octanol–water partition coefficient (Wildman–Crippen LogP) is 0.796. The van der Waals surface area contributed by atoms with E-state index in [0.29, 0.717) is 25.1 Å². The van der Waals surface area contributed by atoms with Crippen molar-refractivity contribution in [3.05, 3.63) is 47.8 Å². The van der Waals surface area contributed by atoms with Crippen LogP contribution >= 0.6 is 0 Å². The van der Waals surface area contributed by atoms with E-state index < -0.39 is 5.97 Å². The van der Waals surface area contributed by atoms with Crippen molar-refractivity contribution in [3.63, 3.8) is 0 Å². The standard InChI is InChI=1S/C13H14N4O3/c18-12(10-5-2-1-3-6-10)14-7-4-8-17-9-11(13(19)20)15-16-17/h1-3,5-6,9H,4,7-8H2,(H,14,18)(H,19,20). The Morgan fingerprint density at radius 2 is 2.00 bits per heavy atom. The lowest BCUT2D eigenvalue weighted by Crippen LogP contribution is -2.25. The van der Waals surface area contributed by atoms with E-state index in [0.717, 1.165) is 0 Å². The van der Waals surface area contributed by atoms with E-state index in [-0.39, 0.29) is 11.6 Å². The zero-order valence-electron chi connectivity index (χ0n) is 10.7. The second-order valence-corrected chi connectivity index (χ2v) is 4.15. The zero-order valence-corrected chi connectivity index (χ0v) is 10.7. The number of carbonyl (C=O) groups excluding carboxylic acids is 1. The highest BCUT2D eigenvalue weighted by Crippen LogP contribution is 1.98. The van der Waals surface area contributed by atoms with E-state index in [1.165, 1.54) is 10.9 Å². The van der Waals surface area contributed by atoms with E-state index in [2.05, 4.69) is 15.6 Å². The predicted molar refractivity (Wildman–Crippen MR) is 70.4 cm³/mol. The van der Waals surface area contributed by atoms with Crippen molar-refractivity contribution in [2.45, 2.75) is 13.0 Å². The van der Waals surface area contributed by atoms with Gasteiger partial charge in [-0.25, -0.2) is 4.79 Å². The fraction of sp³-hybridized carbons (Fsp3) is 0.231. The van der Waals surface area contributed by atoms with Gasteiger partial charge < -0.3 is 10.4 Å². The Labute approximate surface area is 115 Å². The van der Waals surface area contributed by atoms with Crippen LogP contribution in [0.1, 0.15) is 27.3 Å². The molecule has 1 heterocycles. The minimum Gasteiger partial charge on any atom is -0.476 e. The molecule has 0 aliphatic rings. The minimum atomic E-state index is -1.10. The lowest BCUT2D eigenvalue weighted by atomic mass is 10.2. The summed E-state index contributed by atoms with van der Waals surface area (Å²) in [5, 5.41) is 18.7. The summed E-state index contributed by atoms with van der Waals surface area (Å²) < 4.78 is 1.44. The third-order valence-electron chi connectivity index (χ3n) is 2.64. The van der Waals surface area contributed by atoms with Crippen LogP contribution in [-0.4, -0.2) is 38.5 Å². The lowest BCUT2D eigenvalue weighted by molar-refractivity contribution is 0.0690. The molecule has 1 aromatic heterocycles. The summed E-state index contributed by atoms with van der Waals surface area (Å²) >= 11 is 0. The molecular formula is C13H14N4O3. The third-order valence-corrected chi connectivity index (χ3v) is 2.64. The molecular weight excluding hydrogens is 260 g/mol. The SMILES string of the molecule is O=C(NCCCn1cc(C(=O)O)nn1)c1ccccc1. The van der Waals surface area contributed by atoms with Gasteiger partial charge in [-0.2, -0.15) is 0 Å². The molecule has 0 saturated carbocycles. The molecule has 2 N–H and O–H groups in total. The Morgan fingerprint density at radius 3 is 2.65 bits per heavy atom. The van der Waals surface area contributed by atoms with Gasteiger partial charge in [0.2, 0.25) is 0 Å². The van der Waals surface area contributed by atoms with E-state index in [1.807, 2.05) is 6.07 Å². The lowest BCUT2D eigenvalue weighted by Gasteiger charge is -2.04. The Bertz CT molecular complexity index is 595. The minimum absolute atomic E-state index is 0.0849. The van der Waals surface area contributed by atoms with E-state index in [1.54, 1.807) is 24.3 Å². The number of benzene rings is 1. The molecule has 0 bridgehead atoms. The average molecular weight is 274 g/mol. The van der Waals surface area contributed by atoms with Crippen LogP contribution in [0.15, 0.2) is 36.5 Å². The highest BCUT2D eigenvalue weighted by Gasteiger charge is 2.08. The van der Waals surface area contributed by atoms with Crippen molar-refractivity contribution in [2.24, 2.45) is 0 Å². The highest BCUT2D eigenvalue weighted by molar-refractivity contribution is 5.94. The van der Waals surface area contributed by atoms with Gasteiger partial charge in [0.15, 0.2) is 5.69 Å². The average Bonchev–Trinajstić information content (AvgIpc) is 2.93. The molecule has 0 saturated heterocycles. The Kier molecular flexibility index (Phi) is 4.43. The van der Waals surface area contributed by atoms with Crippen LogP contribution in [0.3, 0.4) is 0 Å². The van der Waals surface area contributed by atoms with Crippen LogP contribution in [0.25, 0.3) is 0 Å². The van der Waals surface area contributed by atoms with Crippen LogP contribution in [0.2, 0.25) is 0 Å². The smallest absolute Gasteiger partial charge is 0.358 e. The van der Waals surface area contributed by atoms with Crippen LogP contribution in [0.4, 0.5) is 0 Å². The number of hydrogen-bond donors (Lipinski definition) is 2. The highest BCUT2D eigenvalue weighted by atomic mass is 16.4. The number of carbonyl (C=O) groups is 2. The molecule has 0 spiro atoms. The summed E-state index contributed by atoms with van der Waals surface area (Å²) in [5.74, 6) is -1.23. The van der Waals surface area contributed by atoms with E-state index in [9.17, 15) is 9.59 Å². The van der Waals surface area contributed by atoms with Crippen molar-refractivity contribution in [3.8, 4) is 0 Å². The number of carboxylic acid groups (broad SMARTS) is 1. The van der Waals surface area contributed by atoms with Crippen molar-refractivity contribution < 1.29 is 14.7 Å². The number of rotatable bonds is 6. The largest absolute Gasteiger partial charge is 0.476 e. The normalized spacial score (nSPS) is 10.2. The van der Waals surface area contributed by atoms with Gasteiger partial charge in [-0.05, 0) is 18.6 Å². The molecule has 7 heteroatoms. The number of hydrogen-bond acceptors (Lipinski definition) is 4. The first-order valence-corrected chi connectivity index (χ1v) is 6.13. The quantitative estimate of drug-likeness (QED) is 0.759. The van der Waals surface area contributed by atoms with Crippen LogP contribution in [0.5, 0.6) is 0 Å². The van der Waals surface area contributed by atoms with Crippen molar-refractivity contribution in [1.82, 2.24) is 20.3 Å². The number of aryl methyl sites for hydroxylation is 1. The molecule has 0 aliphatic heterocycles. The van der Waals surface area contributed by atoms with Crippen LogP contribution in [0, 0.1) is 0 Å². The van der Waals surface area contributed by atoms with E-state index >= 15 is 0 Å². The number of nitrogens with one attached hydrogen (secondary N) is 1. The van der Waals surface area contributed by atoms with Gasteiger partial charge in [0, 0.05) is 18.7 Å². The van der Waals surface area contributed by atoms with Gasteiger partial charge >= 0.3 is 5.97 Å². The van der Waals surface area contributed by atoms with E-state index in [4.69, 9.17) is 5.11 Å². The summed E-state index contributed by atoms with van der Waals surface area (Å²) in [5.41, 5.74) is 0.528. The van der Waals surface area contributed by atoms with Gasteiger partial charge in [0.25, 0.3) is 5.91 Å². The summed E-state index contributed by atoms with van der Waals surface area (Å²) in [7, 11) is 0. The van der Waals surface area contributed by atoms with Crippen molar-refractivity contribution in [1.29, 1.82) is 0 Å². The van der Waals surface area contributed by atoms with Gasteiger partial charge in [0.1, 0.15) is 0 Å². The van der Waals surface area contributed by atoms with Crippen LogP contribution in [-0.2, 0) is 6.54 Å². The molecule has 0 fully saturated rings. The topological polar surface area (TPSA) is 97.1 Å². The van der Waals surface area contributed by atoms with Gasteiger partial charge in [-0.15, -0.1) is 5.10 Å². The first-order chi connectivity index (χ1) is 9.66. The van der Waals surface area contributed by atoms with Gasteiger partial charge in [-0.1, -0.05) is 23.4 Å². The fourth-order valence-electron chi connectivity index (χ4n) is 1.64. The second-order valence-electron chi connectivity index (χ2n) is 4.15. The maximum atomic E-state index is 11.7. The molecule has 2 rings (SSSR count). The summed E-state index contributed by atoms with van der Waals surface area (Å²) in [6.45, 7) is 0.978. The zero-order chi connectivity index (χ0) is 14.4. The third kappa shape index (κ3) is 3.64. The fourth-order valence-corrected chi connectivity index (χ4v) is 1.64. The van der Waals surface area contributed by atoms with Gasteiger partial charge in [-0.3, -0.25) is 9.48 Å². The molecule has 2 aromatic rings. The molecule has 20 heavy (non-hydrogen) atoms. The molecule has 0 radical (unpaired) electrons. The summed E-state index contributed by atoms with van der Waals surface area (Å²) in [4.78, 5) is 22.3. The molecule has 7 nitrogen and oxygen atoms in total. The summed E-state index contributed by atoms with van der Waals surface area (Å²) in [6, 6.07) is 8.94. The molecule has 0 atom stereocenters. The molecule has 1 amide bonds. The first-order valence-electron chi connectivity index (χ1n) is 6.13. The molecule has 0 unspecified atom stereocenters. The molecule has 1 aromatic carbocycles. The van der Waals surface area contributed by atoms with Crippen molar-refractivity contribution >= 4 is 11.9 Å². The number of nitrogens with zero attached hydrogens (tertiary/aromatic N) is 3. The summed E-state index contributed by atoms with van der Waals surface area (Å²) in [6.07, 6.45) is 2.00. The molecule has 104 valence electrons. The molecule has 0 aliphatic carbocycles. The number of amides is 1. The first kappa shape index (κ1) is 13.7. The number of aromatic nitrogens is 3. The van der Waals surface area contributed by atoms with Gasteiger partial charge in [0.05, 0.1) is 6.20 Å². The van der Waals surface area contributed by atoms with Crippen LogP contribution < -0.4 is 5.32 Å².